The zero-order valence-electron chi connectivity index (χ0n) is 7.68. The maximum atomic E-state index is 12.4. The second-order valence-electron chi connectivity index (χ2n) is 3.08. The highest BCUT2D eigenvalue weighted by molar-refractivity contribution is 6.31. The summed E-state index contributed by atoms with van der Waals surface area (Å²) in [7, 11) is 0. The van der Waals surface area contributed by atoms with Gasteiger partial charge in [-0.3, -0.25) is 0 Å². The Labute approximate surface area is 90.0 Å². The molecule has 0 bridgehead atoms. The molecule has 4 N–H and O–H groups in total. The van der Waals surface area contributed by atoms with E-state index in [-0.39, 0.29) is 11.6 Å². The molecule has 0 radical (unpaired) electrons. The average molecular weight is 239 g/mol. The molecule has 0 aliphatic heterocycles. The number of hydrogen-bond acceptors (Lipinski definition) is 2. The third kappa shape index (κ3) is 2.84. The lowest BCUT2D eigenvalue weighted by Crippen LogP contribution is -2.21. The zero-order chi connectivity index (χ0) is 11.6. The average Bonchev–Trinajstić information content (AvgIpc) is 2.15. The van der Waals surface area contributed by atoms with Crippen LogP contribution in [0.25, 0.3) is 0 Å². The minimum atomic E-state index is -4.47. The first kappa shape index (κ1) is 12.3. The van der Waals surface area contributed by atoms with Gasteiger partial charge in [-0.1, -0.05) is 17.7 Å². The van der Waals surface area contributed by atoms with Crippen LogP contribution in [0.2, 0.25) is 5.02 Å². The van der Waals surface area contributed by atoms with Gasteiger partial charge in [-0.15, -0.1) is 0 Å². The standard InChI is InChI=1S/C9H10ClF3N2/c10-7-2-1-5(8(15)4-14)3-6(7)9(11,12)13/h1-3,8H,4,14-15H2/t8-/m1/s1. The Morgan fingerprint density at radius 3 is 2.40 bits per heavy atom. The molecule has 1 aromatic rings. The number of hydrogen-bond donors (Lipinski definition) is 2. The van der Waals surface area contributed by atoms with E-state index >= 15 is 0 Å². The number of rotatable bonds is 2. The molecule has 2 nitrogen and oxygen atoms in total. The van der Waals surface area contributed by atoms with Crippen LogP contribution in [0.3, 0.4) is 0 Å². The van der Waals surface area contributed by atoms with Crippen LogP contribution in [0.1, 0.15) is 17.2 Å². The predicted octanol–water partition coefficient (Wildman–Crippen LogP) is 2.32. The molecule has 84 valence electrons. The Morgan fingerprint density at radius 1 is 1.33 bits per heavy atom. The molecule has 0 spiro atoms. The number of nitrogens with two attached hydrogens (primary N) is 2. The second kappa shape index (κ2) is 4.38. The van der Waals surface area contributed by atoms with Gasteiger partial charge in [0.1, 0.15) is 0 Å². The van der Waals surface area contributed by atoms with Gasteiger partial charge in [0.2, 0.25) is 0 Å². The van der Waals surface area contributed by atoms with Crippen molar-refractivity contribution in [3.63, 3.8) is 0 Å². The molecule has 1 atom stereocenters. The largest absolute Gasteiger partial charge is 0.417 e. The summed E-state index contributed by atoms with van der Waals surface area (Å²) in [6, 6.07) is 2.94. The van der Waals surface area contributed by atoms with Crippen molar-refractivity contribution in [3.05, 3.63) is 34.3 Å². The van der Waals surface area contributed by atoms with E-state index < -0.39 is 17.8 Å². The van der Waals surface area contributed by atoms with Crippen molar-refractivity contribution in [3.8, 4) is 0 Å². The highest BCUT2D eigenvalue weighted by Gasteiger charge is 2.33. The Bertz CT molecular complexity index is 352. The van der Waals surface area contributed by atoms with Crippen LogP contribution in [0.15, 0.2) is 18.2 Å². The highest BCUT2D eigenvalue weighted by atomic mass is 35.5. The van der Waals surface area contributed by atoms with E-state index in [4.69, 9.17) is 23.1 Å². The van der Waals surface area contributed by atoms with E-state index in [0.29, 0.717) is 5.56 Å². The van der Waals surface area contributed by atoms with Crippen molar-refractivity contribution in [2.45, 2.75) is 12.2 Å². The lowest BCUT2D eigenvalue weighted by molar-refractivity contribution is -0.137. The van der Waals surface area contributed by atoms with Crippen molar-refractivity contribution >= 4 is 11.6 Å². The van der Waals surface area contributed by atoms with Gasteiger partial charge in [-0.2, -0.15) is 13.2 Å². The third-order valence-electron chi connectivity index (χ3n) is 1.98. The fourth-order valence-corrected chi connectivity index (χ4v) is 1.35. The van der Waals surface area contributed by atoms with Crippen molar-refractivity contribution in [1.82, 2.24) is 0 Å². The quantitative estimate of drug-likeness (QED) is 0.831. The topological polar surface area (TPSA) is 52.0 Å². The van der Waals surface area contributed by atoms with Crippen molar-refractivity contribution in [1.29, 1.82) is 0 Å². The van der Waals surface area contributed by atoms with Gasteiger partial charge in [0, 0.05) is 12.6 Å². The number of halogens is 4. The molecule has 0 aromatic heterocycles. The van der Waals surface area contributed by atoms with Crippen LogP contribution in [0.4, 0.5) is 13.2 Å². The number of benzene rings is 1. The maximum absolute atomic E-state index is 12.4. The summed E-state index contributed by atoms with van der Waals surface area (Å²) in [5, 5.41) is -0.338. The summed E-state index contributed by atoms with van der Waals surface area (Å²) in [6.07, 6.45) is -4.47. The first-order valence-electron chi connectivity index (χ1n) is 4.18. The third-order valence-corrected chi connectivity index (χ3v) is 2.31. The zero-order valence-corrected chi connectivity index (χ0v) is 8.44. The smallest absolute Gasteiger partial charge is 0.329 e. The van der Waals surface area contributed by atoms with E-state index in [0.717, 1.165) is 6.07 Å². The van der Waals surface area contributed by atoms with Gasteiger partial charge in [-0.05, 0) is 17.7 Å². The van der Waals surface area contributed by atoms with Gasteiger partial charge in [0.15, 0.2) is 0 Å². The SMILES string of the molecule is NC[C@@H](N)c1ccc(Cl)c(C(F)(F)F)c1. The first-order valence-corrected chi connectivity index (χ1v) is 4.56. The lowest BCUT2D eigenvalue weighted by atomic mass is 10.0. The van der Waals surface area contributed by atoms with Gasteiger partial charge < -0.3 is 11.5 Å². The van der Waals surface area contributed by atoms with Gasteiger partial charge >= 0.3 is 6.18 Å². The Morgan fingerprint density at radius 2 is 1.93 bits per heavy atom. The first-order chi connectivity index (χ1) is 6.86. The molecule has 0 fully saturated rings. The molecule has 0 saturated heterocycles. The molecular formula is C9H10ClF3N2. The molecule has 0 unspecified atom stereocenters. The summed E-state index contributed by atoms with van der Waals surface area (Å²) in [6.45, 7) is 0.0823. The van der Waals surface area contributed by atoms with E-state index in [1.165, 1.54) is 12.1 Å². The van der Waals surface area contributed by atoms with Crippen LogP contribution >= 0.6 is 11.6 Å². The van der Waals surface area contributed by atoms with E-state index in [1.807, 2.05) is 0 Å². The van der Waals surface area contributed by atoms with Crippen LogP contribution in [0, 0.1) is 0 Å². The minimum absolute atomic E-state index is 0.0823. The Balaban J connectivity index is 3.17. The van der Waals surface area contributed by atoms with E-state index in [9.17, 15) is 13.2 Å². The van der Waals surface area contributed by atoms with Crippen molar-refractivity contribution in [2.75, 3.05) is 6.54 Å². The summed E-state index contributed by atoms with van der Waals surface area (Å²) >= 11 is 5.44. The molecule has 1 rings (SSSR count). The van der Waals surface area contributed by atoms with Crippen LogP contribution in [-0.2, 0) is 6.18 Å². The van der Waals surface area contributed by atoms with Crippen LogP contribution < -0.4 is 11.5 Å². The van der Waals surface area contributed by atoms with Gasteiger partial charge in [0.25, 0.3) is 0 Å². The summed E-state index contributed by atoms with van der Waals surface area (Å²) in [5.41, 5.74) is 10.2. The molecule has 0 heterocycles. The predicted molar refractivity (Wildman–Crippen MR) is 52.4 cm³/mol. The Kier molecular flexibility index (Phi) is 3.59. The summed E-state index contributed by atoms with van der Waals surface area (Å²) < 4.78 is 37.3. The molecule has 15 heavy (non-hydrogen) atoms. The minimum Gasteiger partial charge on any atom is -0.329 e. The molecule has 1 aromatic carbocycles. The van der Waals surface area contributed by atoms with Gasteiger partial charge in [-0.25, -0.2) is 0 Å². The van der Waals surface area contributed by atoms with Gasteiger partial charge in [0.05, 0.1) is 10.6 Å². The summed E-state index contributed by atoms with van der Waals surface area (Å²) in [4.78, 5) is 0. The Hall–Kier alpha value is -0.780. The van der Waals surface area contributed by atoms with Crippen LogP contribution in [-0.4, -0.2) is 6.54 Å². The molecular weight excluding hydrogens is 229 g/mol. The molecule has 0 saturated carbocycles. The van der Waals surface area contributed by atoms with Crippen molar-refractivity contribution < 1.29 is 13.2 Å². The molecule has 0 amide bonds. The molecule has 6 heteroatoms. The molecule has 0 aliphatic carbocycles. The monoisotopic (exact) mass is 238 g/mol. The van der Waals surface area contributed by atoms with Crippen molar-refractivity contribution in [2.24, 2.45) is 11.5 Å². The highest BCUT2D eigenvalue weighted by Crippen LogP contribution is 2.35. The van der Waals surface area contributed by atoms with E-state index in [2.05, 4.69) is 0 Å². The van der Waals surface area contributed by atoms with E-state index in [1.54, 1.807) is 0 Å². The fraction of sp³-hybridized carbons (Fsp3) is 0.333. The second-order valence-corrected chi connectivity index (χ2v) is 3.49. The normalized spacial score (nSPS) is 14.0. The fourth-order valence-electron chi connectivity index (χ4n) is 1.13. The lowest BCUT2D eigenvalue weighted by Gasteiger charge is -2.14. The number of alkyl halides is 3. The summed E-state index contributed by atoms with van der Waals surface area (Å²) in [5.74, 6) is 0. The maximum Gasteiger partial charge on any atom is 0.417 e. The van der Waals surface area contributed by atoms with Crippen LogP contribution in [0.5, 0.6) is 0 Å². The molecule has 0 aliphatic rings.